The van der Waals surface area contributed by atoms with Crippen LogP contribution in [-0.4, -0.2) is 17.1 Å². The van der Waals surface area contributed by atoms with Crippen LogP contribution < -0.4 is 10.1 Å². The Morgan fingerprint density at radius 1 is 1.53 bits per heavy atom. The average Bonchev–Trinajstić information content (AvgIpc) is 2.29. The number of non-ortho nitro benzene ring substituents is 1. The predicted octanol–water partition coefficient (Wildman–Crippen LogP) is 2.26. The van der Waals surface area contributed by atoms with Crippen LogP contribution in [0.4, 0.5) is 10.5 Å². The van der Waals surface area contributed by atoms with Gasteiger partial charge in [-0.2, -0.15) is 0 Å². The maximum Gasteiger partial charge on any atom is 0.413 e. The van der Waals surface area contributed by atoms with Crippen LogP contribution in [0, 0.1) is 10.1 Å². The molecule has 17 heavy (non-hydrogen) atoms. The van der Waals surface area contributed by atoms with Gasteiger partial charge in [-0.05, 0) is 19.1 Å². The third kappa shape index (κ3) is 3.94. The number of carbonyl (C=O) groups excluding carboxylic acids is 1. The van der Waals surface area contributed by atoms with Gasteiger partial charge in [0.1, 0.15) is 5.75 Å². The Balaban J connectivity index is 2.60. The fraction of sp³-hybridized carbons (Fsp3) is 0.182. The fourth-order valence-corrected chi connectivity index (χ4v) is 1.02. The van der Waals surface area contributed by atoms with E-state index in [4.69, 9.17) is 4.74 Å². The van der Waals surface area contributed by atoms with Crippen molar-refractivity contribution in [2.24, 2.45) is 0 Å². The molecular formula is C11H12N2O4. The standard InChI is InChI=1S/C11H12N2O4/c1-3-8(2)12-11(14)17-10-6-4-9(5-7-10)13(15)16/h3-8H,1H2,2H3,(H,12,14). The van der Waals surface area contributed by atoms with E-state index in [-0.39, 0.29) is 17.5 Å². The highest BCUT2D eigenvalue weighted by Gasteiger charge is 2.08. The van der Waals surface area contributed by atoms with Gasteiger partial charge in [0.15, 0.2) is 0 Å². The molecule has 0 saturated carbocycles. The number of amides is 1. The van der Waals surface area contributed by atoms with Crippen LogP contribution in [0.1, 0.15) is 6.92 Å². The second-order valence-corrected chi connectivity index (χ2v) is 3.31. The number of nitrogens with one attached hydrogen (secondary N) is 1. The summed E-state index contributed by atoms with van der Waals surface area (Å²) in [5.74, 6) is 0.240. The van der Waals surface area contributed by atoms with Gasteiger partial charge in [0.25, 0.3) is 5.69 Å². The third-order valence-electron chi connectivity index (χ3n) is 1.96. The number of hydrogen-bond acceptors (Lipinski definition) is 4. The van der Waals surface area contributed by atoms with Gasteiger partial charge in [0.2, 0.25) is 0 Å². The summed E-state index contributed by atoms with van der Waals surface area (Å²) in [6.45, 7) is 5.25. The number of hydrogen-bond donors (Lipinski definition) is 1. The van der Waals surface area contributed by atoms with Gasteiger partial charge in [-0.3, -0.25) is 10.1 Å². The van der Waals surface area contributed by atoms with Gasteiger partial charge in [0.05, 0.1) is 4.92 Å². The van der Waals surface area contributed by atoms with Crippen molar-refractivity contribution in [1.29, 1.82) is 0 Å². The maximum absolute atomic E-state index is 11.3. The second kappa shape index (κ2) is 5.64. The Kier molecular flexibility index (Phi) is 4.21. The summed E-state index contributed by atoms with van der Waals surface area (Å²) in [5.41, 5.74) is -0.0581. The molecule has 1 aromatic carbocycles. The molecule has 1 unspecified atom stereocenters. The largest absolute Gasteiger partial charge is 0.413 e. The van der Waals surface area contributed by atoms with E-state index in [2.05, 4.69) is 11.9 Å². The van der Waals surface area contributed by atoms with Crippen LogP contribution >= 0.6 is 0 Å². The van der Waals surface area contributed by atoms with Crippen LogP contribution in [-0.2, 0) is 0 Å². The molecule has 1 aromatic rings. The number of nitrogens with zero attached hydrogens (tertiary/aromatic N) is 1. The van der Waals surface area contributed by atoms with E-state index in [1.165, 1.54) is 24.3 Å². The molecule has 1 amide bonds. The van der Waals surface area contributed by atoms with Crippen molar-refractivity contribution in [3.63, 3.8) is 0 Å². The van der Waals surface area contributed by atoms with Crippen molar-refractivity contribution in [3.05, 3.63) is 47.0 Å². The normalized spacial score (nSPS) is 11.4. The van der Waals surface area contributed by atoms with Crippen LogP contribution in [0.2, 0.25) is 0 Å². The summed E-state index contributed by atoms with van der Waals surface area (Å²) in [6.07, 6.45) is 0.920. The van der Waals surface area contributed by atoms with Crippen molar-refractivity contribution in [2.75, 3.05) is 0 Å². The summed E-state index contributed by atoms with van der Waals surface area (Å²) in [7, 11) is 0. The van der Waals surface area contributed by atoms with Crippen molar-refractivity contribution >= 4 is 11.8 Å². The average molecular weight is 236 g/mol. The van der Waals surface area contributed by atoms with E-state index >= 15 is 0 Å². The summed E-state index contributed by atoms with van der Waals surface area (Å²) in [6, 6.07) is 5.03. The lowest BCUT2D eigenvalue weighted by atomic mass is 10.3. The number of nitro groups is 1. The Morgan fingerprint density at radius 2 is 2.12 bits per heavy atom. The molecule has 0 aliphatic heterocycles. The van der Waals surface area contributed by atoms with E-state index in [0.29, 0.717) is 0 Å². The number of nitro benzene ring substituents is 1. The minimum atomic E-state index is -0.633. The number of carbonyl (C=O) groups is 1. The zero-order valence-corrected chi connectivity index (χ0v) is 9.25. The molecule has 90 valence electrons. The van der Waals surface area contributed by atoms with E-state index in [1.807, 2.05) is 0 Å². The highest BCUT2D eigenvalue weighted by atomic mass is 16.6. The second-order valence-electron chi connectivity index (χ2n) is 3.31. The quantitative estimate of drug-likeness (QED) is 0.494. The fourth-order valence-electron chi connectivity index (χ4n) is 1.02. The zero-order chi connectivity index (χ0) is 12.8. The monoisotopic (exact) mass is 236 g/mol. The minimum absolute atomic E-state index is 0.0581. The van der Waals surface area contributed by atoms with E-state index in [1.54, 1.807) is 13.0 Å². The number of ether oxygens (including phenoxy) is 1. The molecule has 0 radical (unpaired) electrons. The van der Waals surface area contributed by atoms with Gasteiger partial charge >= 0.3 is 6.09 Å². The molecule has 0 fully saturated rings. The summed E-state index contributed by atoms with van der Waals surface area (Å²) in [5, 5.41) is 12.9. The van der Waals surface area contributed by atoms with E-state index in [9.17, 15) is 14.9 Å². The molecule has 0 aliphatic carbocycles. The molecule has 0 saturated heterocycles. The Bertz CT molecular complexity index is 428. The van der Waals surface area contributed by atoms with Crippen LogP contribution in [0.25, 0.3) is 0 Å². The predicted molar refractivity (Wildman–Crippen MR) is 61.9 cm³/mol. The SMILES string of the molecule is C=CC(C)NC(=O)Oc1ccc([N+](=O)[O-])cc1. The molecule has 0 aliphatic rings. The van der Waals surface area contributed by atoms with Gasteiger partial charge in [-0.1, -0.05) is 6.08 Å². The molecule has 6 nitrogen and oxygen atoms in total. The highest BCUT2D eigenvalue weighted by molar-refractivity contribution is 5.71. The first kappa shape index (κ1) is 12.7. The topological polar surface area (TPSA) is 81.5 Å². The molecule has 1 atom stereocenters. The molecular weight excluding hydrogens is 224 g/mol. The first-order valence-electron chi connectivity index (χ1n) is 4.88. The van der Waals surface area contributed by atoms with E-state index < -0.39 is 11.0 Å². The van der Waals surface area contributed by atoms with Crippen molar-refractivity contribution < 1.29 is 14.5 Å². The van der Waals surface area contributed by atoms with Crippen LogP contribution in [0.15, 0.2) is 36.9 Å². The Hall–Kier alpha value is -2.37. The molecule has 0 bridgehead atoms. The van der Waals surface area contributed by atoms with E-state index in [0.717, 1.165) is 0 Å². The van der Waals surface area contributed by atoms with Crippen molar-refractivity contribution in [3.8, 4) is 5.75 Å². The molecule has 0 aromatic heterocycles. The number of rotatable bonds is 4. The smallest absolute Gasteiger partial charge is 0.410 e. The van der Waals surface area contributed by atoms with Crippen LogP contribution in [0.3, 0.4) is 0 Å². The van der Waals surface area contributed by atoms with Gasteiger partial charge in [0, 0.05) is 18.2 Å². The Morgan fingerprint density at radius 3 is 2.59 bits per heavy atom. The van der Waals surface area contributed by atoms with Gasteiger partial charge in [-0.25, -0.2) is 4.79 Å². The first-order chi connectivity index (χ1) is 8.02. The summed E-state index contributed by atoms with van der Waals surface area (Å²) < 4.78 is 4.90. The van der Waals surface area contributed by atoms with Crippen molar-refractivity contribution in [1.82, 2.24) is 5.32 Å². The lowest BCUT2D eigenvalue weighted by molar-refractivity contribution is -0.384. The molecule has 1 rings (SSSR count). The Labute approximate surface area is 98.0 Å². The maximum atomic E-state index is 11.3. The highest BCUT2D eigenvalue weighted by Crippen LogP contribution is 2.17. The van der Waals surface area contributed by atoms with Crippen LogP contribution in [0.5, 0.6) is 5.75 Å². The lowest BCUT2D eigenvalue weighted by Crippen LogP contribution is -2.33. The van der Waals surface area contributed by atoms with Gasteiger partial charge in [-0.15, -0.1) is 6.58 Å². The minimum Gasteiger partial charge on any atom is -0.410 e. The van der Waals surface area contributed by atoms with Gasteiger partial charge < -0.3 is 10.1 Å². The zero-order valence-electron chi connectivity index (χ0n) is 9.25. The van der Waals surface area contributed by atoms with Crippen molar-refractivity contribution in [2.45, 2.75) is 13.0 Å². The molecule has 0 spiro atoms. The lowest BCUT2D eigenvalue weighted by Gasteiger charge is -2.09. The summed E-state index contributed by atoms with van der Waals surface area (Å²) in [4.78, 5) is 21.2. The third-order valence-corrected chi connectivity index (χ3v) is 1.96. The molecule has 6 heteroatoms. The summed E-state index contributed by atoms with van der Waals surface area (Å²) >= 11 is 0. The molecule has 1 N–H and O–H groups in total. The number of benzene rings is 1. The first-order valence-corrected chi connectivity index (χ1v) is 4.88. The molecule has 0 heterocycles.